The maximum absolute atomic E-state index is 9.27. The zero-order valence-electron chi connectivity index (χ0n) is 10.9. The maximum atomic E-state index is 9.27. The van der Waals surface area contributed by atoms with Crippen molar-refractivity contribution >= 4 is 5.57 Å². The van der Waals surface area contributed by atoms with Gasteiger partial charge in [-0.15, -0.1) is 0 Å². The van der Waals surface area contributed by atoms with Crippen LogP contribution < -0.4 is 0 Å². The molecule has 0 bridgehead atoms. The number of benzene rings is 1. The van der Waals surface area contributed by atoms with Gasteiger partial charge in [-0.2, -0.15) is 0 Å². The molecule has 0 atom stereocenters. The van der Waals surface area contributed by atoms with E-state index in [9.17, 15) is 5.11 Å². The first kappa shape index (κ1) is 13.8. The van der Waals surface area contributed by atoms with Gasteiger partial charge in [0.15, 0.2) is 0 Å². The molecule has 0 saturated carbocycles. The van der Waals surface area contributed by atoms with E-state index in [4.69, 9.17) is 10.2 Å². The zero-order valence-corrected chi connectivity index (χ0v) is 10.9. The lowest BCUT2D eigenvalue weighted by molar-refractivity contribution is 0.149. The Morgan fingerprint density at radius 3 is 2.16 bits per heavy atom. The molecule has 0 amide bonds. The number of aromatic hydroxyl groups is 1. The van der Waals surface area contributed by atoms with E-state index in [0.29, 0.717) is 0 Å². The molecule has 0 unspecified atom stereocenters. The molecule has 2 rings (SSSR count). The molecule has 19 heavy (non-hydrogen) atoms. The lowest BCUT2D eigenvalue weighted by Gasteiger charge is -2.18. The molecule has 3 N–H and O–H groups in total. The summed E-state index contributed by atoms with van der Waals surface area (Å²) in [4.78, 5) is 0. The molecule has 102 valence electrons. The predicted octanol–water partition coefficient (Wildman–Crippen LogP) is 2.49. The summed E-state index contributed by atoms with van der Waals surface area (Å²) in [6.45, 7) is 0.0603. The van der Waals surface area contributed by atoms with Gasteiger partial charge in [-0.3, -0.25) is 0 Å². The third-order valence-electron chi connectivity index (χ3n) is 3.54. The standard InChI is InChI=1S/C16H20O3/c17-10-13(11-18)9-12-1-3-14(4-2-12)15-5-7-16(19)8-6-15/h1,3,5-8,13,17-19H,2,4,9-11H2. The topological polar surface area (TPSA) is 60.7 Å². The van der Waals surface area contributed by atoms with Gasteiger partial charge in [-0.05, 0) is 42.5 Å². The Balaban J connectivity index is 2.05. The third-order valence-corrected chi connectivity index (χ3v) is 3.54. The predicted molar refractivity (Wildman–Crippen MR) is 75.7 cm³/mol. The van der Waals surface area contributed by atoms with Crippen LogP contribution in [0.3, 0.4) is 0 Å². The van der Waals surface area contributed by atoms with Gasteiger partial charge in [0.2, 0.25) is 0 Å². The fraction of sp³-hybridized carbons (Fsp3) is 0.375. The first-order valence-electron chi connectivity index (χ1n) is 6.62. The monoisotopic (exact) mass is 260 g/mol. The quantitative estimate of drug-likeness (QED) is 0.762. The van der Waals surface area contributed by atoms with Crippen LogP contribution in [0.4, 0.5) is 0 Å². The zero-order chi connectivity index (χ0) is 13.7. The number of phenols is 1. The summed E-state index contributed by atoms with van der Waals surface area (Å²) >= 11 is 0. The van der Waals surface area contributed by atoms with Crippen LogP contribution in [0.25, 0.3) is 5.57 Å². The maximum Gasteiger partial charge on any atom is 0.115 e. The van der Waals surface area contributed by atoms with E-state index in [1.54, 1.807) is 12.1 Å². The van der Waals surface area contributed by atoms with Crippen molar-refractivity contribution in [3.05, 3.63) is 47.6 Å². The molecule has 0 aromatic heterocycles. The molecule has 1 aromatic carbocycles. The Kier molecular flexibility index (Phi) is 4.77. The van der Waals surface area contributed by atoms with Gasteiger partial charge in [-0.1, -0.05) is 29.9 Å². The van der Waals surface area contributed by atoms with Gasteiger partial charge in [-0.25, -0.2) is 0 Å². The smallest absolute Gasteiger partial charge is 0.115 e. The molecule has 0 radical (unpaired) electrons. The molecule has 0 aliphatic heterocycles. The minimum Gasteiger partial charge on any atom is -0.508 e. The van der Waals surface area contributed by atoms with Crippen LogP contribution in [0.1, 0.15) is 24.8 Å². The van der Waals surface area contributed by atoms with Gasteiger partial charge in [0.1, 0.15) is 5.75 Å². The average molecular weight is 260 g/mol. The third kappa shape index (κ3) is 3.69. The van der Waals surface area contributed by atoms with E-state index in [1.807, 2.05) is 12.1 Å². The number of rotatable bonds is 5. The number of hydrogen-bond donors (Lipinski definition) is 3. The summed E-state index contributed by atoms with van der Waals surface area (Å²) in [7, 11) is 0. The molecule has 1 aromatic rings. The van der Waals surface area contributed by atoms with Crippen molar-refractivity contribution in [3.8, 4) is 5.75 Å². The second kappa shape index (κ2) is 6.55. The molecule has 3 heteroatoms. The molecule has 0 saturated heterocycles. The van der Waals surface area contributed by atoms with Crippen LogP contribution in [0.15, 0.2) is 42.0 Å². The first-order chi connectivity index (χ1) is 9.22. The highest BCUT2D eigenvalue weighted by molar-refractivity contribution is 5.69. The Morgan fingerprint density at radius 2 is 1.63 bits per heavy atom. The number of aliphatic hydroxyl groups excluding tert-OH is 2. The van der Waals surface area contributed by atoms with Gasteiger partial charge in [0, 0.05) is 19.1 Å². The fourth-order valence-electron chi connectivity index (χ4n) is 2.32. The van der Waals surface area contributed by atoms with Crippen LogP contribution in [-0.4, -0.2) is 28.5 Å². The van der Waals surface area contributed by atoms with Crippen LogP contribution >= 0.6 is 0 Å². The molecule has 3 nitrogen and oxygen atoms in total. The summed E-state index contributed by atoms with van der Waals surface area (Å²) in [6, 6.07) is 7.24. The second-order valence-electron chi connectivity index (χ2n) is 5.00. The molecular formula is C16H20O3. The van der Waals surface area contributed by atoms with Gasteiger partial charge < -0.3 is 15.3 Å². The van der Waals surface area contributed by atoms with Crippen molar-refractivity contribution in [1.82, 2.24) is 0 Å². The Bertz CT molecular complexity index is 467. The summed E-state index contributed by atoms with van der Waals surface area (Å²) < 4.78 is 0. The number of hydrogen-bond acceptors (Lipinski definition) is 3. The minimum absolute atomic E-state index is 0.0301. The van der Waals surface area contributed by atoms with Crippen LogP contribution in [0.2, 0.25) is 0 Å². The normalized spacial score (nSPS) is 15.3. The highest BCUT2D eigenvalue weighted by atomic mass is 16.3. The SMILES string of the molecule is OCC(CO)CC1=CC=C(c2ccc(O)cc2)CC1. The van der Waals surface area contributed by atoms with Crippen LogP contribution in [0.5, 0.6) is 5.75 Å². The largest absolute Gasteiger partial charge is 0.508 e. The summed E-state index contributed by atoms with van der Waals surface area (Å²) in [6.07, 6.45) is 6.86. The lowest BCUT2D eigenvalue weighted by Crippen LogP contribution is -2.12. The summed E-state index contributed by atoms with van der Waals surface area (Å²) in [5.74, 6) is 0.236. The molecule has 1 aliphatic rings. The van der Waals surface area contributed by atoms with Crippen molar-refractivity contribution in [2.75, 3.05) is 13.2 Å². The molecule has 0 fully saturated rings. The van der Waals surface area contributed by atoms with Gasteiger partial charge in [0.25, 0.3) is 0 Å². The van der Waals surface area contributed by atoms with Gasteiger partial charge >= 0.3 is 0 Å². The second-order valence-corrected chi connectivity index (χ2v) is 5.00. The Morgan fingerprint density at radius 1 is 0.947 bits per heavy atom. The van der Waals surface area contributed by atoms with Crippen LogP contribution in [-0.2, 0) is 0 Å². The van der Waals surface area contributed by atoms with Crippen molar-refractivity contribution < 1.29 is 15.3 Å². The minimum atomic E-state index is -0.0464. The van der Waals surface area contributed by atoms with Crippen molar-refractivity contribution in [2.24, 2.45) is 5.92 Å². The Labute approximate surface area is 113 Å². The summed E-state index contributed by atoms with van der Waals surface area (Å²) in [5.41, 5.74) is 3.66. The van der Waals surface area contributed by atoms with Crippen molar-refractivity contribution in [2.45, 2.75) is 19.3 Å². The molecule has 0 heterocycles. The van der Waals surface area contributed by atoms with Gasteiger partial charge in [0.05, 0.1) is 0 Å². The highest BCUT2D eigenvalue weighted by Crippen LogP contribution is 2.30. The Hall–Kier alpha value is -1.58. The van der Waals surface area contributed by atoms with E-state index in [0.717, 1.165) is 24.8 Å². The highest BCUT2D eigenvalue weighted by Gasteiger charge is 2.13. The number of allylic oxidation sites excluding steroid dienone is 4. The number of aliphatic hydroxyl groups is 2. The van der Waals surface area contributed by atoms with Crippen molar-refractivity contribution in [3.63, 3.8) is 0 Å². The number of phenolic OH excluding ortho intramolecular Hbond substituents is 1. The first-order valence-corrected chi connectivity index (χ1v) is 6.62. The molecule has 1 aliphatic carbocycles. The summed E-state index contributed by atoms with van der Waals surface area (Å²) in [5, 5.41) is 27.4. The van der Waals surface area contributed by atoms with E-state index < -0.39 is 0 Å². The van der Waals surface area contributed by atoms with E-state index in [2.05, 4.69) is 12.2 Å². The van der Waals surface area contributed by atoms with E-state index in [1.165, 1.54) is 11.1 Å². The molecular weight excluding hydrogens is 240 g/mol. The average Bonchev–Trinajstić information content (AvgIpc) is 2.46. The lowest BCUT2D eigenvalue weighted by atomic mass is 9.89. The van der Waals surface area contributed by atoms with E-state index >= 15 is 0 Å². The van der Waals surface area contributed by atoms with Crippen molar-refractivity contribution in [1.29, 1.82) is 0 Å². The van der Waals surface area contributed by atoms with E-state index in [-0.39, 0.29) is 24.9 Å². The molecule has 0 spiro atoms. The van der Waals surface area contributed by atoms with Crippen LogP contribution in [0, 0.1) is 5.92 Å². The fourth-order valence-corrected chi connectivity index (χ4v) is 2.32.